The van der Waals surface area contributed by atoms with Crippen LogP contribution in [0.15, 0.2) is 0 Å². The van der Waals surface area contributed by atoms with Crippen molar-refractivity contribution in [3.63, 3.8) is 0 Å². The van der Waals surface area contributed by atoms with Gasteiger partial charge in [0.05, 0.1) is 0 Å². The zero-order valence-corrected chi connectivity index (χ0v) is 12.8. The van der Waals surface area contributed by atoms with E-state index < -0.39 is 0 Å². The maximum Gasteiger partial charge on any atom is 0.231 e. The van der Waals surface area contributed by atoms with Crippen LogP contribution in [-0.4, -0.2) is 42.6 Å². The fourth-order valence-corrected chi connectivity index (χ4v) is 2.62. The molecule has 1 saturated carbocycles. The molecule has 1 aromatic heterocycles. The van der Waals surface area contributed by atoms with E-state index in [0.29, 0.717) is 17.8 Å². The van der Waals surface area contributed by atoms with Gasteiger partial charge in [0.25, 0.3) is 0 Å². The van der Waals surface area contributed by atoms with Crippen molar-refractivity contribution in [3.8, 4) is 0 Å². The zero-order chi connectivity index (χ0) is 14.4. The van der Waals surface area contributed by atoms with Crippen LogP contribution in [0.2, 0.25) is 0 Å². The summed E-state index contributed by atoms with van der Waals surface area (Å²) in [7, 11) is 5.68. The molecule has 0 radical (unpaired) electrons. The number of nitrogens with one attached hydrogen (secondary N) is 2. The van der Waals surface area contributed by atoms with Gasteiger partial charge in [-0.2, -0.15) is 15.0 Å². The van der Waals surface area contributed by atoms with E-state index in [1.165, 1.54) is 38.5 Å². The third-order valence-electron chi connectivity index (χ3n) is 3.81. The van der Waals surface area contributed by atoms with Crippen molar-refractivity contribution in [1.82, 2.24) is 15.0 Å². The van der Waals surface area contributed by atoms with Gasteiger partial charge < -0.3 is 15.5 Å². The lowest BCUT2D eigenvalue weighted by Gasteiger charge is -2.21. The average Bonchev–Trinajstić information content (AvgIpc) is 2.48. The van der Waals surface area contributed by atoms with Crippen molar-refractivity contribution in [2.24, 2.45) is 5.92 Å². The summed E-state index contributed by atoms with van der Waals surface area (Å²) in [6, 6.07) is 0. The lowest BCUT2D eigenvalue weighted by Crippen LogP contribution is -2.18. The molecular formula is C14H26N6. The fraction of sp³-hybridized carbons (Fsp3) is 0.786. The Morgan fingerprint density at radius 3 is 2.40 bits per heavy atom. The molecule has 1 aliphatic carbocycles. The molecule has 6 heteroatoms. The predicted molar refractivity (Wildman–Crippen MR) is 83.4 cm³/mol. The Hall–Kier alpha value is -1.59. The van der Waals surface area contributed by atoms with Gasteiger partial charge in [-0.15, -0.1) is 0 Å². The monoisotopic (exact) mass is 278 g/mol. The summed E-state index contributed by atoms with van der Waals surface area (Å²) in [5, 5.41) is 6.31. The van der Waals surface area contributed by atoms with E-state index in [1.807, 2.05) is 26.0 Å². The molecule has 112 valence electrons. The molecule has 0 saturated heterocycles. The molecule has 1 aromatic rings. The van der Waals surface area contributed by atoms with E-state index in [1.54, 1.807) is 0 Å². The molecule has 2 rings (SSSR count). The van der Waals surface area contributed by atoms with Gasteiger partial charge in [-0.1, -0.05) is 32.1 Å². The Bertz CT molecular complexity index is 414. The molecule has 0 atom stereocenters. The summed E-state index contributed by atoms with van der Waals surface area (Å²) in [5.74, 6) is 2.80. The van der Waals surface area contributed by atoms with Gasteiger partial charge in [0.15, 0.2) is 0 Å². The van der Waals surface area contributed by atoms with Crippen LogP contribution in [0.5, 0.6) is 0 Å². The summed E-state index contributed by atoms with van der Waals surface area (Å²) >= 11 is 0. The van der Waals surface area contributed by atoms with E-state index in [4.69, 9.17) is 0 Å². The Balaban J connectivity index is 1.89. The van der Waals surface area contributed by atoms with Gasteiger partial charge in [-0.05, 0) is 12.3 Å². The Labute approximate surface area is 121 Å². The summed E-state index contributed by atoms with van der Waals surface area (Å²) in [6.07, 6.45) is 8.16. The first-order chi connectivity index (χ1) is 9.69. The molecule has 1 fully saturated rings. The Morgan fingerprint density at radius 1 is 1.05 bits per heavy atom. The molecule has 6 nitrogen and oxygen atoms in total. The number of rotatable bonds is 6. The highest BCUT2D eigenvalue weighted by Gasteiger charge is 2.13. The van der Waals surface area contributed by atoms with Crippen molar-refractivity contribution >= 4 is 17.8 Å². The van der Waals surface area contributed by atoms with Crippen LogP contribution in [0.25, 0.3) is 0 Å². The molecule has 1 aliphatic rings. The second-order valence-corrected chi connectivity index (χ2v) is 5.65. The SMILES string of the molecule is CNc1nc(NCCC2CCCCC2)nc(N(C)C)n1. The van der Waals surface area contributed by atoms with Gasteiger partial charge >= 0.3 is 0 Å². The van der Waals surface area contributed by atoms with Crippen LogP contribution in [0, 0.1) is 5.92 Å². The van der Waals surface area contributed by atoms with Crippen molar-refractivity contribution < 1.29 is 0 Å². The highest BCUT2D eigenvalue weighted by Crippen LogP contribution is 2.26. The van der Waals surface area contributed by atoms with Crippen LogP contribution in [0.4, 0.5) is 17.8 Å². The van der Waals surface area contributed by atoms with E-state index in [9.17, 15) is 0 Å². The minimum Gasteiger partial charge on any atom is -0.357 e. The third-order valence-corrected chi connectivity index (χ3v) is 3.81. The van der Waals surface area contributed by atoms with Crippen LogP contribution in [0.3, 0.4) is 0 Å². The van der Waals surface area contributed by atoms with Crippen molar-refractivity contribution in [2.45, 2.75) is 38.5 Å². The lowest BCUT2D eigenvalue weighted by atomic mass is 9.87. The first-order valence-electron chi connectivity index (χ1n) is 7.54. The minimum absolute atomic E-state index is 0.601. The van der Waals surface area contributed by atoms with Crippen molar-refractivity contribution in [3.05, 3.63) is 0 Å². The third kappa shape index (κ3) is 4.21. The predicted octanol–water partition coefficient (Wildman–Crippen LogP) is 2.36. The Kier molecular flexibility index (Phi) is 5.38. The van der Waals surface area contributed by atoms with Gasteiger partial charge in [0, 0.05) is 27.7 Å². The van der Waals surface area contributed by atoms with Gasteiger partial charge in [0.1, 0.15) is 0 Å². The number of aromatic nitrogens is 3. The molecule has 0 unspecified atom stereocenters. The molecule has 0 spiro atoms. The van der Waals surface area contributed by atoms with Crippen LogP contribution in [0.1, 0.15) is 38.5 Å². The standard InChI is InChI=1S/C14H26N6/c1-15-12-17-13(19-14(18-12)20(2)3)16-10-9-11-7-5-4-6-8-11/h11H,4-10H2,1-3H3,(H2,15,16,17,18,19). The van der Waals surface area contributed by atoms with Crippen LogP contribution >= 0.6 is 0 Å². The number of hydrogen-bond acceptors (Lipinski definition) is 6. The largest absolute Gasteiger partial charge is 0.357 e. The van der Waals surface area contributed by atoms with Crippen molar-refractivity contribution in [2.75, 3.05) is 43.2 Å². The second-order valence-electron chi connectivity index (χ2n) is 5.65. The topological polar surface area (TPSA) is 66.0 Å². The smallest absolute Gasteiger partial charge is 0.231 e. The molecular weight excluding hydrogens is 252 g/mol. The highest BCUT2D eigenvalue weighted by atomic mass is 15.3. The quantitative estimate of drug-likeness (QED) is 0.833. The first kappa shape index (κ1) is 14.8. The van der Waals surface area contributed by atoms with Crippen LogP contribution < -0.4 is 15.5 Å². The van der Waals surface area contributed by atoms with Crippen LogP contribution in [-0.2, 0) is 0 Å². The van der Waals surface area contributed by atoms with E-state index in [-0.39, 0.29) is 0 Å². The maximum absolute atomic E-state index is 4.42. The number of hydrogen-bond donors (Lipinski definition) is 2. The normalized spacial score (nSPS) is 15.9. The second kappa shape index (κ2) is 7.26. The molecule has 0 aromatic carbocycles. The summed E-state index contributed by atoms with van der Waals surface area (Å²) < 4.78 is 0. The summed E-state index contributed by atoms with van der Waals surface area (Å²) in [5.41, 5.74) is 0. The van der Waals surface area contributed by atoms with E-state index >= 15 is 0 Å². The molecule has 2 N–H and O–H groups in total. The molecule has 0 amide bonds. The highest BCUT2D eigenvalue weighted by molar-refractivity contribution is 5.42. The van der Waals surface area contributed by atoms with Gasteiger partial charge in [0.2, 0.25) is 17.8 Å². The van der Waals surface area contributed by atoms with E-state index in [0.717, 1.165) is 12.5 Å². The van der Waals surface area contributed by atoms with Gasteiger partial charge in [-0.3, -0.25) is 0 Å². The molecule has 0 bridgehead atoms. The molecule has 20 heavy (non-hydrogen) atoms. The van der Waals surface area contributed by atoms with Gasteiger partial charge in [-0.25, -0.2) is 0 Å². The number of nitrogens with zero attached hydrogens (tertiary/aromatic N) is 4. The first-order valence-corrected chi connectivity index (χ1v) is 7.54. The Morgan fingerprint density at radius 2 is 1.75 bits per heavy atom. The van der Waals surface area contributed by atoms with Crippen molar-refractivity contribution in [1.29, 1.82) is 0 Å². The lowest BCUT2D eigenvalue weighted by molar-refractivity contribution is 0.345. The minimum atomic E-state index is 0.601. The zero-order valence-electron chi connectivity index (χ0n) is 12.8. The van der Waals surface area contributed by atoms with E-state index in [2.05, 4.69) is 25.6 Å². The molecule has 0 aliphatic heterocycles. The summed E-state index contributed by atoms with van der Waals surface area (Å²) in [6.45, 7) is 0.935. The maximum atomic E-state index is 4.42. The molecule has 1 heterocycles. The summed E-state index contributed by atoms with van der Waals surface area (Å²) in [4.78, 5) is 14.9. The number of anilines is 3. The average molecular weight is 278 g/mol. The fourth-order valence-electron chi connectivity index (χ4n) is 2.62.